The van der Waals surface area contributed by atoms with E-state index in [1.54, 1.807) is 18.2 Å². The molecule has 26 heavy (non-hydrogen) atoms. The number of rotatable bonds is 6. The van der Waals surface area contributed by atoms with E-state index in [1.165, 1.54) is 11.8 Å². The molecule has 9 heteroatoms. The van der Waals surface area contributed by atoms with E-state index in [9.17, 15) is 0 Å². The molecule has 3 rings (SSSR count). The van der Waals surface area contributed by atoms with Crippen LogP contribution in [0.3, 0.4) is 0 Å². The quantitative estimate of drug-likeness (QED) is 0.414. The minimum Gasteiger partial charge on any atom is -0.484 e. The van der Waals surface area contributed by atoms with Gasteiger partial charge in [0.05, 0.1) is 5.02 Å². The van der Waals surface area contributed by atoms with E-state index in [2.05, 4.69) is 10.2 Å². The first-order valence-electron chi connectivity index (χ1n) is 7.47. The maximum absolute atomic E-state index is 6.20. The lowest BCUT2D eigenvalue weighted by atomic mass is 10.2. The summed E-state index contributed by atoms with van der Waals surface area (Å²) in [6.07, 6.45) is 0. The average molecular weight is 449 g/mol. The molecule has 1 aromatic heterocycles. The third-order valence-electron chi connectivity index (χ3n) is 3.58. The molecule has 1 heterocycles. The first-order chi connectivity index (χ1) is 12.5. The van der Waals surface area contributed by atoms with Gasteiger partial charge in [-0.1, -0.05) is 64.2 Å². The standard InChI is InChI=1S/C17H13Cl4N3OS/c1-24-16(8-25-15-6-5-10(18)7-14(15)21)22-23-17(24)26-9-11-12(19)3-2-4-13(11)20/h2-7H,8-9H2,1H3. The molecule has 3 aromatic rings. The number of ether oxygens (including phenoxy) is 1. The highest BCUT2D eigenvalue weighted by molar-refractivity contribution is 7.98. The molecule has 0 amide bonds. The van der Waals surface area contributed by atoms with Crippen molar-refractivity contribution < 1.29 is 4.74 Å². The number of benzene rings is 2. The van der Waals surface area contributed by atoms with Crippen LogP contribution in [0.25, 0.3) is 0 Å². The highest BCUT2D eigenvalue weighted by atomic mass is 35.5. The third-order valence-corrected chi connectivity index (χ3v) is 5.87. The number of nitrogens with zero attached hydrogens (tertiary/aromatic N) is 3. The lowest BCUT2D eigenvalue weighted by Crippen LogP contribution is -2.04. The fourth-order valence-electron chi connectivity index (χ4n) is 2.14. The monoisotopic (exact) mass is 447 g/mol. The van der Waals surface area contributed by atoms with Gasteiger partial charge < -0.3 is 9.30 Å². The lowest BCUT2D eigenvalue weighted by molar-refractivity contribution is 0.290. The summed E-state index contributed by atoms with van der Waals surface area (Å²) in [6.45, 7) is 0.234. The molecule has 0 atom stereocenters. The van der Waals surface area contributed by atoms with Crippen molar-refractivity contribution in [1.82, 2.24) is 14.8 Å². The van der Waals surface area contributed by atoms with Crippen molar-refractivity contribution in [2.24, 2.45) is 7.05 Å². The van der Waals surface area contributed by atoms with E-state index in [4.69, 9.17) is 51.1 Å². The van der Waals surface area contributed by atoms with Gasteiger partial charge in [0.15, 0.2) is 11.0 Å². The fraction of sp³-hybridized carbons (Fsp3) is 0.176. The van der Waals surface area contributed by atoms with Crippen LogP contribution in [0.5, 0.6) is 5.75 Å². The predicted octanol–water partition coefficient (Wildman–Crippen LogP) is 6.30. The molecule has 0 aliphatic rings. The molecule has 0 radical (unpaired) electrons. The summed E-state index contributed by atoms with van der Waals surface area (Å²) in [6, 6.07) is 10.5. The van der Waals surface area contributed by atoms with Crippen LogP contribution in [0.1, 0.15) is 11.4 Å². The summed E-state index contributed by atoms with van der Waals surface area (Å²) in [5.74, 6) is 1.80. The molecule has 0 bridgehead atoms. The van der Waals surface area contributed by atoms with Gasteiger partial charge in [-0.2, -0.15) is 0 Å². The first-order valence-corrected chi connectivity index (χ1v) is 9.97. The summed E-state index contributed by atoms with van der Waals surface area (Å²) in [5, 5.41) is 11.4. The van der Waals surface area contributed by atoms with Crippen molar-refractivity contribution in [1.29, 1.82) is 0 Å². The van der Waals surface area contributed by atoms with Crippen molar-refractivity contribution in [2.75, 3.05) is 0 Å². The Labute approximate surface area is 175 Å². The third kappa shape index (κ3) is 4.59. The van der Waals surface area contributed by atoms with Crippen LogP contribution < -0.4 is 4.74 Å². The van der Waals surface area contributed by atoms with Crippen LogP contribution >= 0.6 is 58.2 Å². The Morgan fingerprint density at radius 3 is 2.42 bits per heavy atom. The SMILES string of the molecule is Cn1c(COc2ccc(Cl)cc2Cl)nnc1SCc1c(Cl)cccc1Cl. The first kappa shape index (κ1) is 19.6. The Bertz CT molecular complexity index is 912. The van der Waals surface area contributed by atoms with E-state index in [-0.39, 0.29) is 6.61 Å². The van der Waals surface area contributed by atoms with Gasteiger partial charge in [-0.15, -0.1) is 10.2 Å². The van der Waals surface area contributed by atoms with E-state index >= 15 is 0 Å². The van der Waals surface area contributed by atoms with Gasteiger partial charge in [-0.3, -0.25) is 0 Å². The zero-order chi connectivity index (χ0) is 18.7. The van der Waals surface area contributed by atoms with Crippen LogP contribution in [-0.2, 0) is 19.4 Å². The molecule has 2 aromatic carbocycles. The number of hydrogen-bond acceptors (Lipinski definition) is 4. The van der Waals surface area contributed by atoms with Gasteiger partial charge in [0.1, 0.15) is 12.4 Å². The van der Waals surface area contributed by atoms with Crippen LogP contribution in [0.15, 0.2) is 41.6 Å². The van der Waals surface area contributed by atoms with Crippen molar-refractivity contribution >= 4 is 58.2 Å². The van der Waals surface area contributed by atoms with Crippen LogP contribution in [0.2, 0.25) is 20.1 Å². The molecule has 0 fully saturated rings. The van der Waals surface area contributed by atoms with E-state index in [0.717, 1.165) is 10.7 Å². The number of aromatic nitrogens is 3. The largest absolute Gasteiger partial charge is 0.484 e. The molecule has 136 valence electrons. The van der Waals surface area contributed by atoms with Gasteiger partial charge in [0.25, 0.3) is 0 Å². The lowest BCUT2D eigenvalue weighted by Gasteiger charge is -2.09. The average Bonchev–Trinajstić information content (AvgIpc) is 2.94. The van der Waals surface area contributed by atoms with E-state index in [0.29, 0.717) is 37.4 Å². The molecule has 0 unspecified atom stereocenters. The molecule has 0 saturated carbocycles. The maximum Gasteiger partial charge on any atom is 0.191 e. The Balaban J connectivity index is 1.66. The predicted molar refractivity (Wildman–Crippen MR) is 108 cm³/mol. The molecular formula is C17H13Cl4N3OS. The van der Waals surface area contributed by atoms with Gasteiger partial charge in [-0.05, 0) is 35.9 Å². The Hall–Kier alpha value is -1.11. The normalized spacial score (nSPS) is 11.0. The van der Waals surface area contributed by atoms with Crippen molar-refractivity contribution in [3.05, 3.63) is 67.9 Å². The minimum absolute atomic E-state index is 0.234. The minimum atomic E-state index is 0.234. The van der Waals surface area contributed by atoms with E-state index < -0.39 is 0 Å². The molecule has 4 nitrogen and oxygen atoms in total. The van der Waals surface area contributed by atoms with Gasteiger partial charge in [0, 0.05) is 27.9 Å². The van der Waals surface area contributed by atoms with E-state index in [1.807, 2.05) is 29.8 Å². The molecule has 0 aliphatic heterocycles. The van der Waals surface area contributed by atoms with Crippen LogP contribution in [-0.4, -0.2) is 14.8 Å². The topological polar surface area (TPSA) is 39.9 Å². The zero-order valence-electron chi connectivity index (χ0n) is 13.5. The number of thioether (sulfide) groups is 1. The molecule has 0 saturated heterocycles. The number of halogens is 4. The van der Waals surface area contributed by atoms with Crippen molar-refractivity contribution in [3.8, 4) is 5.75 Å². The Kier molecular flexibility index (Phi) is 6.59. The molecular weight excluding hydrogens is 436 g/mol. The van der Waals surface area contributed by atoms with Gasteiger partial charge in [0.2, 0.25) is 0 Å². The second-order valence-corrected chi connectivity index (χ2v) is 7.91. The van der Waals surface area contributed by atoms with Gasteiger partial charge >= 0.3 is 0 Å². The molecule has 0 N–H and O–H groups in total. The summed E-state index contributed by atoms with van der Waals surface area (Å²) >= 11 is 25.9. The summed E-state index contributed by atoms with van der Waals surface area (Å²) in [5.41, 5.74) is 0.870. The maximum atomic E-state index is 6.20. The van der Waals surface area contributed by atoms with Crippen LogP contribution in [0.4, 0.5) is 0 Å². The zero-order valence-corrected chi connectivity index (χ0v) is 17.4. The second-order valence-electron chi connectivity index (χ2n) is 5.31. The summed E-state index contributed by atoms with van der Waals surface area (Å²) in [4.78, 5) is 0. The highest BCUT2D eigenvalue weighted by Crippen LogP contribution is 2.31. The highest BCUT2D eigenvalue weighted by Gasteiger charge is 2.13. The summed E-state index contributed by atoms with van der Waals surface area (Å²) < 4.78 is 7.57. The van der Waals surface area contributed by atoms with Crippen molar-refractivity contribution in [2.45, 2.75) is 17.5 Å². The molecule has 0 spiro atoms. The smallest absolute Gasteiger partial charge is 0.191 e. The van der Waals surface area contributed by atoms with Gasteiger partial charge in [-0.25, -0.2) is 0 Å². The summed E-state index contributed by atoms with van der Waals surface area (Å²) in [7, 11) is 1.87. The number of hydrogen-bond donors (Lipinski definition) is 0. The van der Waals surface area contributed by atoms with Crippen LogP contribution in [0, 0.1) is 0 Å². The Morgan fingerprint density at radius 1 is 1.00 bits per heavy atom. The fourth-order valence-corrected chi connectivity index (χ4v) is 4.27. The second kappa shape index (κ2) is 8.72. The molecule has 0 aliphatic carbocycles. The Morgan fingerprint density at radius 2 is 1.73 bits per heavy atom. The van der Waals surface area contributed by atoms with Crippen molar-refractivity contribution in [3.63, 3.8) is 0 Å².